The minimum Gasteiger partial charge on any atom is -0.463 e. The van der Waals surface area contributed by atoms with Crippen LogP contribution in [-0.2, 0) is 23.1 Å². The van der Waals surface area contributed by atoms with Crippen molar-refractivity contribution in [3.8, 4) is 0 Å². The molecule has 0 aliphatic rings. The molecule has 0 aliphatic heterocycles. The average molecular weight is 324 g/mol. The molecule has 0 aromatic rings. The van der Waals surface area contributed by atoms with Crippen molar-refractivity contribution in [1.82, 2.24) is 5.32 Å². The summed E-state index contributed by atoms with van der Waals surface area (Å²) >= 11 is 0. The summed E-state index contributed by atoms with van der Waals surface area (Å²) in [5, 5.41) is 2.84. The number of carbonyl (C=O) groups excluding carboxylic acids is 1. The number of hydrogen-bond donors (Lipinski definition) is 1. The molecule has 0 saturated heterocycles. The fourth-order valence-corrected chi connectivity index (χ4v) is 3.27. The van der Waals surface area contributed by atoms with Crippen LogP contribution in [0, 0.1) is 0 Å². The Bertz CT molecular complexity index is 254. The van der Waals surface area contributed by atoms with Gasteiger partial charge in [0, 0.05) is 13.7 Å². The lowest BCUT2D eigenvalue weighted by molar-refractivity contribution is -0.126. The second-order valence-corrected chi connectivity index (χ2v) is 10.7. The maximum absolute atomic E-state index is 11.5. The van der Waals surface area contributed by atoms with Crippen LogP contribution in [0.3, 0.4) is 0 Å². The molecule has 0 unspecified atom stereocenters. The van der Waals surface area contributed by atoms with Crippen molar-refractivity contribution in [2.45, 2.75) is 25.6 Å². The maximum atomic E-state index is 11.5. The summed E-state index contributed by atoms with van der Waals surface area (Å²) in [6.07, 6.45) is 0.966. The molecule has 0 atom stereocenters. The van der Waals surface area contributed by atoms with E-state index in [-0.39, 0.29) is 12.5 Å². The minimum atomic E-state index is -1.44. The van der Waals surface area contributed by atoms with E-state index in [1.807, 2.05) is 0 Å². The van der Waals surface area contributed by atoms with Gasteiger partial charge >= 0.3 is 0 Å². The molecule has 8 heteroatoms. The van der Waals surface area contributed by atoms with Crippen LogP contribution in [-0.4, -0.2) is 71.4 Å². The molecule has 0 saturated carbocycles. The van der Waals surface area contributed by atoms with Gasteiger partial charge in [-0.25, -0.2) is 0 Å². The number of amides is 1. The summed E-state index contributed by atoms with van der Waals surface area (Å²) in [4.78, 5) is 11.5. The third-order valence-electron chi connectivity index (χ3n) is 2.87. The van der Waals surface area contributed by atoms with E-state index in [4.69, 9.17) is 18.3 Å². The quantitative estimate of drug-likeness (QED) is 0.371. The topological polar surface area (TPSA) is 66.0 Å². The molecule has 1 amide bonds. The molecular formula is C12H29NO5Si2. The highest BCUT2D eigenvalue weighted by molar-refractivity contribution is 6.73. The molecule has 0 bridgehead atoms. The average Bonchev–Trinajstić information content (AvgIpc) is 2.43. The third kappa shape index (κ3) is 12.8. The first-order chi connectivity index (χ1) is 9.52. The van der Waals surface area contributed by atoms with Crippen molar-refractivity contribution in [3.63, 3.8) is 0 Å². The monoisotopic (exact) mass is 323 g/mol. The van der Waals surface area contributed by atoms with E-state index in [0.29, 0.717) is 33.0 Å². The van der Waals surface area contributed by atoms with Gasteiger partial charge in [0.25, 0.3) is 0 Å². The second-order valence-electron chi connectivity index (χ2n) is 5.08. The zero-order valence-corrected chi connectivity index (χ0v) is 16.2. The molecule has 1 N–H and O–H groups in total. The molecule has 0 radical (unpaired) electrons. The first kappa shape index (κ1) is 19.7. The Balaban J connectivity index is 3.33. The number of rotatable bonds is 13. The minimum absolute atomic E-state index is 0.0758. The number of methoxy groups -OCH3 is 1. The van der Waals surface area contributed by atoms with Gasteiger partial charge in [0.15, 0.2) is 8.32 Å². The van der Waals surface area contributed by atoms with Gasteiger partial charge in [-0.1, -0.05) is 0 Å². The SMILES string of the molecule is COCCOCCOCC(=O)NCCC[Si](C)(C)O[SiH3]. The van der Waals surface area contributed by atoms with E-state index in [1.54, 1.807) is 7.11 Å². The summed E-state index contributed by atoms with van der Waals surface area (Å²) in [6.45, 7) is 7.21. The lowest BCUT2D eigenvalue weighted by Crippen LogP contribution is -2.33. The largest absolute Gasteiger partial charge is 0.463 e. The van der Waals surface area contributed by atoms with E-state index in [9.17, 15) is 4.79 Å². The van der Waals surface area contributed by atoms with Crippen molar-refractivity contribution < 1.29 is 23.1 Å². The molecule has 0 heterocycles. The standard InChI is InChI=1S/C12H29NO5Si2/c1-15-6-7-16-8-9-17-11-12(14)13-5-4-10-20(2,3)18-19/h4-11H2,1-3,19H3,(H,13,14). The van der Waals surface area contributed by atoms with Crippen LogP contribution in [0.1, 0.15) is 6.42 Å². The lowest BCUT2D eigenvalue weighted by Gasteiger charge is -2.20. The van der Waals surface area contributed by atoms with Crippen molar-refractivity contribution >= 4 is 24.7 Å². The summed E-state index contributed by atoms with van der Waals surface area (Å²) < 4.78 is 20.8. The number of hydrogen-bond acceptors (Lipinski definition) is 5. The third-order valence-corrected chi connectivity index (χ3v) is 8.85. The van der Waals surface area contributed by atoms with Crippen molar-refractivity contribution in [2.75, 3.05) is 46.7 Å². The fourth-order valence-electron chi connectivity index (χ4n) is 1.42. The molecule has 0 aromatic carbocycles. The van der Waals surface area contributed by atoms with E-state index in [0.717, 1.165) is 23.0 Å². The normalized spacial score (nSPS) is 11.8. The molecule has 0 aliphatic carbocycles. The Morgan fingerprint density at radius 2 is 1.80 bits per heavy atom. The van der Waals surface area contributed by atoms with Gasteiger partial charge in [-0.05, 0) is 25.6 Å². The highest BCUT2D eigenvalue weighted by atomic mass is 28.4. The van der Waals surface area contributed by atoms with Crippen LogP contribution < -0.4 is 5.32 Å². The van der Waals surface area contributed by atoms with Gasteiger partial charge < -0.3 is 23.6 Å². The van der Waals surface area contributed by atoms with Crippen LogP contribution in [0.2, 0.25) is 19.1 Å². The molecule has 20 heavy (non-hydrogen) atoms. The van der Waals surface area contributed by atoms with E-state index < -0.39 is 8.32 Å². The van der Waals surface area contributed by atoms with Crippen LogP contribution in [0.5, 0.6) is 0 Å². The summed E-state index contributed by atoms with van der Waals surface area (Å²) in [5.41, 5.74) is 0. The van der Waals surface area contributed by atoms with Gasteiger partial charge in [-0.2, -0.15) is 0 Å². The molecule has 0 fully saturated rings. The fraction of sp³-hybridized carbons (Fsp3) is 0.917. The summed E-state index contributed by atoms with van der Waals surface area (Å²) in [6, 6.07) is 1.07. The predicted octanol–water partition coefficient (Wildman–Crippen LogP) is -0.326. The zero-order chi connectivity index (χ0) is 15.3. The Labute approximate surface area is 126 Å². The van der Waals surface area contributed by atoms with E-state index in [2.05, 4.69) is 18.4 Å². The summed E-state index contributed by atoms with van der Waals surface area (Å²) in [7, 11) is 0.982. The molecule has 0 rings (SSSR count). The van der Waals surface area contributed by atoms with Crippen LogP contribution in [0.15, 0.2) is 0 Å². The van der Waals surface area contributed by atoms with Gasteiger partial charge in [0.05, 0.1) is 26.4 Å². The zero-order valence-electron chi connectivity index (χ0n) is 13.2. The molecule has 0 aromatic heterocycles. The maximum Gasteiger partial charge on any atom is 0.245 e. The van der Waals surface area contributed by atoms with E-state index >= 15 is 0 Å². The van der Waals surface area contributed by atoms with Crippen molar-refractivity contribution in [3.05, 3.63) is 0 Å². The number of nitrogens with one attached hydrogen (secondary N) is 1. The van der Waals surface area contributed by atoms with Gasteiger partial charge in [-0.3, -0.25) is 4.79 Å². The highest BCUT2D eigenvalue weighted by Gasteiger charge is 2.18. The lowest BCUT2D eigenvalue weighted by atomic mass is 10.4. The van der Waals surface area contributed by atoms with Crippen LogP contribution in [0.25, 0.3) is 0 Å². The first-order valence-corrected chi connectivity index (χ1v) is 10.9. The van der Waals surface area contributed by atoms with Gasteiger partial charge in [0.2, 0.25) is 5.91 Å². The van der Waals surface area contributed by atoms with Crippen LogP contribution >= 0.6 is 0 Å². The second kappa shape index (κ2) is 12.5. The van der Waals surface area contributed by atoms with Crippen molar-refractivity contribution in [1.29, 1.82) is 0 Å². The van der Waals surface area contributed by atoms with Gasteiger partial charge in [0.1, 0.15) is 17.1 Å². The highest BCUT2D eigenvalue weighted by Crippen LogP contribution is 2.10. The summed E-state index contributed by atoms with van der Waals surface area (Å²) in [5.74, 6) is -0.0758. The molecule has 0 spiro atoms. The Kier molecular flexibility index (Phi) is 12.3. The first-order valence-electron chi connectivity index (χ1n) is 6.98. The molecular weight excluding hydrogens is 294 g/mol. The Hall–Kier alpha value is -0.256. The Morgan fingerprint density at radius 3 is 2.45 bits per heavy atom. The van der Waals surface area contributed by atoms with Crippen molar-refractivity contribution in [2.24, 2.45) is 0 Å². The smallest absolute Gasteiger partial charge is 0.245 e. The number of carbonyl (C=O) groups is 1. The van der Waals surface area contributed by atoms with Crippen LogP contribution in [0.4, 0.5) is 0 Å². The Morgan fingerprint density at radius 1 is 1.15 bits per heavy atom. The predicted molar refractivity (Wildman–Crippen MR) is 84.5 cm³/mol. The molecule has 6 nitrogen and oxygen atoms in total. The number of ether oxygens (including phenoxy) is 3. The van der Waals surface area contributed by atoms with E-state index in [1.165, 1.54) is 0 Å². The van der Waals surface area contributed by atoms with Gasteiger partial charge in [-0.15, -0.1) is 0 Å². The molecule has 120 valence electrons.